The highest BCUT2D eigenvalue weighted by Gasteiger charge is 1.97. The van der Waals surface area contributed by atoms with Crippen LogP contribution in [0.1, 0.15) is 16.6 Å². The normalized spacial score (nSPS) is 8.43. The van der Waals surface area contributed by atoms with E-state index in [1.807, 2.05) is 6.92 Å². The molecule has 0 bridgehead atoms. The van der Waals surface area contributed by atoms with Crippen LogP contribution in [0.4, 0.5) is 5.13 Å². The molecule has 14 heavy (non-hydrogen) atoms. The molecule has 0 saturated carbocycles. The second kappa shape index (κ2) is 8.33. The molecule has 0 fully saturated rings. The number of aldehydes is 1. The summed E-state index contributed by atoms with van der Waals surface area (Å²) in [6.45, 7) is 2.78. The maximum atomic E-state index is 10.1. The van der Waals surface area contributed by atoms with Gasteiger partial charge in [-0.05, 0) is 6.92 Å². The van der Waals surface area contributed by atoms with Crippen molar-refractivity contribution >= 4 is 29.2 Å². The van der Waals surface area contributed by atoms with Crippen molar-refractivity contribution in [3.05, 3.63) is 11.1 Å². The molecule has 0 aromatic carbocycles. The summed E-state index contributed by atoms with van der Waals surface area (Å²) in [6.07, 6.45) is 2.62. The zero-order chi connectivity index (χ0) is 10.8. The molecule has 1 aromatic rings. The Morgan fingerprint density at radius 1 is 1.64 bits per heavy atom. The fraction of sp³-hybridized carbons (Fsp3) is 0.375. The lowest BCUT2D eigenvalue weighted by Gasteiger charge is -1.83. The summed E-state index contributed by atoms with van der Waals surface area (Å²) in [6, 6.07) is 0. The zero-order valence-corrected chi connectivity index (χ0v) is 8.84. The monoisotopic (exact) mass is 216 g/mol. The summed E-state index contributed by atoms with van der Waals surface area (Å²) >= 11 is 1.14. The summed E-state index contributed by atoms with van der Waals surface area (Å²) in [5.74, 6) is 0. The molecule has 0 aliphatic heterocycles. The van der Waals surface area contributed by atoms with Gasteiger partial charge < -0.3 is 10.1 Å². The minimum Gasteiger partial charge on any atom is -0.385 e. The van der Waals surface area contributed by atoms with E-state index in [2.05, 4.69) is 15.0 Å². The maximum Gasteiger partial charge on any atom is 0.213 e. The predicted octanol–water partition coefficient (Wildman–Crippen LogP) is 1.18. The van der Waals surface area contributed by atoms with Crippen LogP contribution in [0.3, 0.4) is 0 Å². The van der Waals surface area contributed by atoms with Crippen molar-refractivity contribution in [3.8, 4) is 0 Å². The number of carbonyl (C=O) groups is 2. The molecular formula is C8H12N2O3S. The molecule has 0 saturated heterocycles. The van der Waals surface area contributed by atoms with E-state index in [0.29, 0.717) is 22.7 Å². The number of ether oxygens (including phenoxy) is 1. The van der Waals surface area contributed by atoms with E-state index in [-0.39, 0.29) is 0 Å². The van der Waals surface area contributed by atoms with Gasteiger partial charge in [0, 0.05) is 13.7 Å². The molecule has 5 nitrogen and oxygen atoms in total. The van der Waals surface area contributed by atoms with Gasteiger partial charge in [-0.3, -0.25) is 9.59 Å². The van der Waals surface area contributed by atoms with Crippen molar-refractivity contribution in [2.75, 3.05) is 19.0 Å². The number of thiazole rings is 1. The van der Waals surface area contributed by atoms with Crippen molar-refractivity contribution in [3.63, 3.8) is 0 Å². The number of rotatable bonds is 4. The van der Waals surface area contributed by atoms with Gasteiger partial charge in [0.25, 0.3) is 0 Å². The van der Waals surface area contributed by atoms with E-state index in [4.69, 9.17) is 0 Å². The Kier molecular flexibility index (Phi) is 7.58. The van der Waals surface area contributed by atoms with Crippen LogP contribution in [-0.2, 0) is 9.53 Å². The second-order valence-electron chi connectivity index (χ2n) is 2.03. The Morgan fingerprint density at radius 2 is 2.29 bits per heavy atom. The lowest BCUT2D eigenvalue weighted by atomic mass is 10.6. The summed E-state index contributed by atoms with van der Waals surface area (Å²) in [5.41, 5.74) is 0. The SMILES string of the molecule is CCOC.O=CNc1ncc(C=O)s1. The lowest BCUT2D eigenvalue weighted by Crippen LogP contribution is -1.90. The lowest BCUT2D eigenvalue weighted by molar-refractivity contribution is -0.105. The van der Waals surface area contributed by atoms with E-state index < -0.39 is 0 Å². The number of anilines is 1. The van der Waals surface area contributed by atoms with Crippen LogP contribution in [0.15, 0.2) is 6.20 Å². The van der Waals surface area contributed by atoms with Gasteiger partial charge in [-0.25, -0.2) is 4.98 Å². The molecule has 6 heteroatoms. The number of hydrogen-bond donors (Lipinski definition) is 1. The first-order chi connectivity index (χ1) is 6.78. The first-order valence-corrected chi connectivity index (χ1v) is 4.70. The Bertz CT molecular complexity index is 273. The number of aromatic nitrogens is 1. The van der Waals surface area contributed by atoms with Gasteiger partial charge in [-0.2, -0.15) is 0 Å². The third-order valence-corrected chi connectivity index (χ3v) is 1.96. The standard InChI is InChI=1S/C5H4N2O2S.C3H8O/c8-2-4-1-6-5(10-4)7-3-9;1-3-4-2/h1-3H,(H,6,7,9);3H2,1-2H3. The Balaban J connectivity index is 0.000000364. The minimum atomic E-state index is 0.442. The fourth-order valence-corrected chi connectivity index (χ4v) is 1.05. The second-order valence-corrected chi connectivity index (χ2v) is 3.09. The Hall–Kier alpha value is -1.27. The highest BCUT2D eigenvalue weighted by molar-refractivity contribution is 7.17. The summed E-state index contributed by atoms with van der Waals surface area (Å²) in [5, 5.41) is 2.77. The summed E-state index contributed by atoms with van der Waals surface area (Å²) in [7, 11) is 1.68. The number of nitrogens with one attached hydrogen (secondary N) is 1. The quantitative estimate of drug-likeness (QED) is 0.767. The van der Waals surface area contributed by atoms with Crippen molar-refractivity contribution < 1.29 is 14.3 Å². The van der Waals surface area contributed by atoms with Crippen LogP contribution in [0.25, 0.3) is 0 Å². The molecule has 0 unspecified atom stereocenters. The van der Waals surface area contributed by atoms with E-state index in [0.717, 1.165) is 17.9 Å². The van der Waals surface area contributed by atoms with Crippen LogP contribution in [-0.4, -0.2) is 31.4 Å². The molecule has 0 radical (unpaired) electrons. The fourth-order valence-electron chi connectivity index (χ4n) is 0.458. The average Bonchev–Trinajstić information content (AvgIpc) is 2.67. The number of hydrogen-bond acceptors (Lipinski definition) is 5. The molecule has 1 heterocycles. The minimum absolute atomic E-state index is 0.442. The van der Waals surface area contributed by atoms with Gasteiger partial charge in [0.15, 0.2) is 11.4 Å². The third kappa shape index (κ3) is 5.39. The third-order valence-electron chi connectivity index (χ3n) is 1.11. The highest BCUT2D eigenvalue weighted by Crippen LogP contribution is 2.14. The summed E-state index contributed by atoms with van der Waals surface area (Å²) in [4.78, 5) is 24.1. The molecule has 1 amide bonds. The first-order valence-electron chi connectivity index (χ1n) is 3.88. The molecule has 0 spiro atoms. The topological polar surface area (TPSA) is 68.3 Å². The molecule has 1 aromatic heterocycles. The van der Waals surface area contributed by atoms with E-state index in [9.17, 15) is 9.59 Å². The largest absolute Gasteiger partial charge is 0.385 e. The number of methoxy groups -OCH3 is 1. The average molecular weight is 216 g/mol. The molecule has 0 aliphatic rings. The number of nitrogens with zero attached hydrogens (tertiary/aromatic N) is 1. The first kappa shape index (κ1) is 12.7. The van der Waals surface area contributed by atoms with Gasteiger partial charge in [0.1, 0.15) is 0 Å². The zero-order valence-electron chi connectivity index (χ0n) is 8.02. The number of amides is 1. The predicted molar refractivity (Wildman–Crippen MR) is 54.7 cm³/mol. The Morgan fingerprint density at radius 3 is 2.64 bits per heavy atom. The summed E-state index contributed by atoms with van der Waals surface area (Å²) < 4.78 is 4.54. The van der Waals surface area contributed by atoms with Crippen molar-refractivity contribution in [1.82, 2.24) is 4.98 Å². The smallest absolute Gasteiger partial charge is 0.213 e. The highest BCUT2D eigenvalue weighted by atomic mass is 32.1. The molecule has 1 rings (SSSR count). The molecular weight excluding hydrogens is 204 g/mol. The van der Waals surface area contributed by atoms with E-state index in [1.165, 1.54) is 6.20 Å². The van der Waals surface area contributed by atoms with Crippen LogP contribution >= 0.6 is 11.3 Å². The van der Waals surface area contributed by atoms with Crippen LogP contribution in [0.2, 0.25) is 0 Å². The molecule has 1 N–H and O–H groups in total. The van der Waals surface area contributed by atoms with Crippen LogP contribution in [0, 0.1) is 0 Å². The molecule has 0 aliphatic carbocycles. The Labute approximate surface area is 86.1 Å². The molecule has 0 atom stereocenters. The maximum absolute atomic E-state index is 10.1. The van der Waals surface area contributed by atoms with E-state index in [1.54, 1.807) is 7.11 Å². The van der Waals surface area contributed by atoms with Gasteiger partial charge in [0.05, 0.1) is 11.1 Å². The van der Waals surface area contributed by atoms with Crippen molar-refractivity contribution in [2.24, 2.45) is 0 Å². The van der Waals surface area contributed by atoms with Crippen LogP contribution < -0.4 is 5.32 Å². The number of carbonyl (C=O) groups excluding carboxylic acids is 2. The van der Waals surface area contributed by atoms with Gasteiger partial charge in [0.2, 0.25) is 6.41 Å². The van der Waals surface area contributed by atoms with Crippen molar-refractivity contribution in [2.45, 2.75) is 6.92 Å². The van der Waals surface area contributed by atoms with Crippen LogP contribution in [0.5, 0.6) is 0 Å². The van der Waals surface area contributed by atoms with Gasteiger partial charge in [-0.1, -0.05) is 11.3 Å². The van der Waals surface area contributed by atoms with Gasteiger partial charge >= 0.3 is 0 Å². The van der Waals surface area contributed by atoms with Gasteiger partial charge in [-0.15, -0.1) is 0 Å². The van der Waals surface area contributed by atoms with Crippen molar-refractivity contribution in [1.29, 1.82) is 0 Å². The molecule has 78 valence electrons. The van der Waals surface area contributed by atoms with E-state index >= 15 is 0 Å².